The molecule has 0 aromatic heterocycles. The van der Waals surface area contributed by atoms with Crippen molar-refractivity contribution in [3.63, 3.8) is 0 Å². The highest BCUT2D eigenvalue weighted by atomic mass is 19.1. The van der Waals surface area contributed by atoms with Crippen LogP contribution in [-0.4, -0.2) is 65.8 Å². The van der Waals surface area contributed by atoms with Crippen molar-refractivity contribution in [1.82, 2.24) is 15.1 Å². The molecule has 1 aromatic rings. The van der Waals surface area contributed by atoms with Gasteiger partial charge in [-0.05, 0) is 13.0 Å². The third-order valence-corrected chi connectivity index (χ3v) is 4.86. The van der Waals surface area contributed by atoms with E-state index in [1.54, 1.807) is 23.0 Å². The fourth-order valence-corrected chi connectivity index (χ4v) is 3.48. The fourth-order valence-electron chi connectivity index (χ4n) is 3.48. The van der Waals surface area contributed by atoms with Crippen LogP contribution in [0.2, 0.25) is 0 Å². The summed E-state index contributed by atoms with van der Waals surface area (Å²) in [5.74, 6) is -3.50. The van der Waals surface area contributed by atoms with Gasteiger partial charge in [-0.3, -0.25) is 4.79 Å². The Balaban J connectivity index is 1.72. The van der Waals surface area contributed by atoms with E-state index in [-0.39, 0.29) is 36.6 Å². The first kappa shape index (κ1) is 20.7. The van der Waals surface area contributed by atoms with Crippen LogP contribution in [0, 0.1) is 11.6 Å². The Bertz CT molecular complexity index is 772. The minimum atomic E-state index is -1.62. The summed E-state index contributed by atoms with van der Waals surface area (Å²) in [6, 6.07) is 3.13. The number of halogens is 2. The molecule has 3 atom stereocenters. The van der Waals surface area contributed by atoms with Crippen LogP contribution in [0.4, 0.5) is 8.78 Å². The van der Waals surface area contributed by atoms with E-state index >= 15 is 0 Å². The van der Waals surface area contributed by atoms with Crippen LogP contribution in [-0.2, 0) is 20.8 Å². The van der Waals surface area contributed by atoms with Crippen LogP contribution in [0.5, 0.6) is 0 Å². The maximum Gasteiger partial charge on any atom is 0.251 e. The number of carbonyl (C=O) groups is 1. The summed E-state index contributed by atoms with van der Waals surface area (Å²) in [6.07, 6.45) is 1.23. The van der Waals surface area contributed by atoms with Crippen LogP contribution >= 0.6 is 0 Å². The first-order valence-electron chi connectivity index (χ1n) is 9.07. The average Bonchev–Trinajstić information content (AvgIpc) is 2.99. The highest BCUT2D eigenvalue weighted by Crippen LogP contribution is 2.28. The number of aliphatic hydroxyl groups is 1. The molecule has 0 spiro atoms. The molecular weight excluding hydrogens is 372 g/mol. The summed E-state index contributed by atoms with van der Waals surface area (Å²) in [7, 11) is 1.79. The van der Waals surface area contributed by atoms with Crippen LogP contribution in [0.15, 0.2) is 30.0 Å². The lowest BCUT2D eigenvalue weighted by atomic mass is 10.2. The summed E-state index contributed by atoms with van der Waals surface area (Å²) in [5, 5.41) is 13.4. The maximum absolute atomic E-state index is 13.8. The second-order valence-corrected chi connectivity index (χ2v) is 7.28. The van der Waals surface area contributed by atoms with Crippen LogP contribution in [0.3, 0.4) is 0 Å². The summed E-state index contributed by atoms with van der Waals surface area (Å²) in [5.41, 5.74) is 0.432. The molecule has 0 radical (unpaired) electrons. The van der Waals surface area contributed by atoms with Crippen molar-refractivity contribution < 1.29 is 28.2 Å². The molecular formula is C19H25F2N3O4. The predicted molar refractivity (Wildman–Crippen MR) is 96.5 cm³/mol. The van der Waals surface area contributed by atoms with E-state index in [0.717, 1.165) is 12.1 Å². The van der Waals surface area contributed by atoms with Crippen molar-refractivity contribution in [2.75, 3.05) is 26.8 Å². The molecule has 2 heterocycles. The molecule has 0 aliphatic carbocycles. The number of amides is 1. The molecule has 3 rings (SSSR count). The van der Waals surface area contributed by atoms with Gasteiger partial charge in [-0.15, -0.1) is 0 Å². The van der Waals surface area contributed by atoms with Crippen LogP contribution in [0.1, 0.15) is 19.4 Å². The number of hydrogen-bond donors (Lipinski definition) is 2. The summed E-state index contributed by atoms with van der Waals surface area (Å²) in [6.45, 7) is 4.09. The standard InChI is InChI=1S/C19H25F2N3O4/c1-12-10-27-17-9-23(3)8-14(11-28-19(2,26)24(12)17)18(25)22-7-13-4-5-15(20)6-16(13)21/h4-6,8,12,17,26H,7,9-11H2,1-3H3,(H,22,25)/b14-8+/t12-,17+,19?/m0/s1. The second kappa shape index (κ2) is 8.12. The lowest BCUT2D eigenvalue weighted by Gasteiger charge is -2.38. The van der Waals surface area contributed by atoms with Gasteiger partial charge in [-0.1, -0.05) is 6.07 Å². The highest BCUT2D eigenvalue weighted by molar-refractivity contribution is 5.93. The molecule has 9 heteroatoms. The largest absolute Gasteiger partial charge is 0.376 e. The first-order chi connectivity index (χ1) is 13.2. The van der Waals surface area contributed by atoms with Gasteiger partial charge in [0.25, 0.3) is 5.91 Å². The van der Waals surface area contributed by atoms with Crippen molar-refractivity contribution in [2.24, 2.45) is 0 Å². The Hall–Kier alpha value is -2.07. The lowest BCUT2D eigenvalue weighted by molar-refractivity contribution is -0.298. The highest BCUT2D eigenvalue weighted by Gasteiger charge is 2.45. The Morgan fingerprint density at radius 3 is 2.89 bits per heavy atom. The van der Waals surface area contributed by atoms with Crippen molar-refractivity contribution in [2.45, 2.75) is 38.6 Å². The molecule has 0 bridgehead atoms. The molecule has 0 saturated carbocycles. The smallest absolute Gasteiger partial charge is 0.251 e. The van der Waals surface area contributed by atoms with Gasteiger partial charge in [0.1, 0.15) is 17.9 Å². The molecule has 154 valence electrons. The molecule has 1 fully saturated rings. The van der Waals surface area contributed by atoms with Gasteiger partial charge < -0.3 is 24.8 Å². The number of fused-ring (bicyclic) bond motifs is 1. The maximum atomic E-state index is 13.8. The number of benzene rings is 1. The van der Waals surface area contributed by atoms with Gasteiger partial charge >= 0.3 is 0 Å². The fraction of sp³-hybridized carbons (Fsp3) is 0.526. The van der Waals surface area contributed by atoms with Gasteiger partial charge in [0.15, 0.2) is 0 Å². The van der Waals surface area contributed by atoms with Crippen molar-refractivity contribution in [3.8, 4) is 0 Å². The van der Waals surface area contributed by atoms with Crippen molar-refractivity contribution in [1.29, 1.82) is 0 Å². The Morgan fingerprint density at radius 2 is 2.18 bits per heavy atom. The van der Waals surface area contributed by atoms with E-state index in [0.29, 0.717) is 13.2 Å². The predicted octanol–water partition coefficient (Wildman–Crippen LogP) is 1.14. The van der Waals surface area contributed by atoms with Gasteiger partial charge in [0.2, 0.25) is 5.91 Å². The van der Waals surface area contributed by atoms with E-state index < -0.39 is 23.5 Å². The minimum Gasteiger partial charge on any atom is -0.376 e. The number of likely N-dealkylation sites (N-methyl/N-ethyl adjacent to an activating group) is 1. The molecule has 2 aliphatic rings. The molecule has 7 nitrogen and oxygen atoms in total. The van der Waals surface area contributed by atoms with E-state index in [2.05, 4.69) is 5.32 Å². The number of carbonyl (C=O) groups excluding carboxylic acids is 1. The monoisotopic (exact) mass is 397 g/mol. The third kappa shape index (κ3) is 4.49. The summed E-state index contributed by atoms with van der Waals surface area (Å²) >= 11 is 0. The SMILES string of the molecule is C[C@H]1CO[C@@H]2CN(C)/C=C(/C(=O)NCc3ccc(F)cc3F)COC(C)(O)N12. The Labute approximate surface area is 162 Å². The molecule has 1 amide bonds. The zero-order chi connectivity index (χ0) is 20.5. The topological polar surface area (TPSA) is 74.3 Å². The molecule has 2 N–H and O–H groups in total. The average molecular weight is 397 g/mol. The molecule has 28 heavy (non-hydrogen) atoms. The molecule has 2 aliphatic heterocycles. The van der Waals surface area contributed by atoms with Gasteiger partial charge in [0, 0.05) is 44.4 Å². The normalized spacial score (nSPS) is 30.6. The van der Waals surface area contributed by atoms with E-state index in [1.165, 1.54) is 13.0 Å². The molecule has 1 aromatic carbocycles. The quantitative estimate of drug-likeness (QED) is 0.797. The zero-order valence-electron chi connectivity index (χ0n) is 16.1. The second-order valence-electron chi connectivity index (χ2n) is 7.28. The van der Waals surface area contributed by atoms with E-state index in [1.807, 2.05) is 6.92 Å². The number of nitrogens with one attached hydrogen (secondary N) is 1. The van der Waals surface area contributed by atoms with Gasteiger partial charge in [-0.2, -0.15) is 0 Å². The minimum absolute atomic E-state index is 0.0507. The Kier molecular flexibility index (Phi) is 5.99. The number of nitrogens with zero attached hydrogens (tertiary/aromatic N) is 2. The van der Waals surface area contributed by atoms with E-state index in [4.69, 9.17) is 9.47 Å². The number of hydrogen-bond acceptors (Lipinski definition) is 6. The van der Waals surface area contributed by atoms with Crippen molar-refractivity contribution in [3.05, 3.63) is 47.2 Å². The van der Waals surface area contributed by atoms with Gasteiger partial charge in [0.05, 0.1) is 25.3 Å². The van der Waals surface area contributed by atoms with E-state index in [9.17, 15) is 18.7 Å². The zero-order valence-corrected chi connectivity index (χ0v) is 16.1. The number of rotatable bonds is 3. The lowest BCUT2D eigenvalue weighted by Crippen LogP contribution is -2.56. The van der Waals surface area contributed by atoms with Gasteiger partial charge in [-0.25, -0.2) is 13.7 Å². The van der Waals surface area contributed by atoms with Crippen LogP contribution < -0.4 is 5.32 Å². The number of ether oxygens (including phenoxy) is 2. The van der Waals surface area contributed by atoms with Crippen LogP contribution in [0.25, 0.3) is 0 Å². The summed E-state index contributed by atoms with van der Waals surface area (Å²) in [4.78, 5) is 16.1. The molecule has 1 saturated heterocycles. The Morgan fingerprint density at radius 1 is 1.43 bits per heavy atom. The summed E-state index contributed by atoms with van der Waals surface area (Å²) < 4.78 is 38.1. The molecule has 1 unspecified atom stereocenters. The first-order valence-corrected chi connectivity index (χ1v) is 9.07. The third-order valence-electron chi connectivity index (χ3n) is 4.86. The van der Waals surface area contributed by atoms with Crippen molar-refractivity contribution >= 4 is 5.91 Å².